The lowest BCUT2D eigenvalue weighted by Crippen LogP contribution is -2.14. The van der Waals surface area contributed by atoms with Crippen molar-refractivity contribution in [3.63, 3.8) is 0 Å². The van der Waals surface area contributed by atoms with Crippen LogP contribution < -0.4 is 9.80 Å². The zero-order chi connectivity index (χ0) is 62.9. The second-order valence-electron chi connectivity index (χ2n) is 28.1. The van der Waals surface area contributed by atoms with Crippen LogP contribution in [0.2, 0.25) is 0 Å². The van der Waals surface area contributed by atoms with Gasteiger partial charge in [-0.15, -0.1) is 0 Å². The SMILES string of the molecule is CC(C)c1cccc(-c2c(N(c3ccc(C(C)(C)C)cc3)c3ccc4c(c3)oc3cc5cc6c(cc5cc34)oc3cc(N(c4ccc(C(C)(C)C)cc4)c4c(-c5cccc(C(C)C)c5)c5ccccc5c5ccccc45)ccc36)c3ccccc3c3ccccc23)c1. The molecule has 14 aromatic carbocycles. The molecule has 0 fully saturated rings. The lowest BCUT2D eigenvalue weighted by molar-refractivity contribution is 0.590. The van der Waals surface area contributed by atoms with E-state index in [1.54, 1.807) is 0 Å². The molecule has 448 valence electrons. The smallest absolute Gasteiger partial charge is 0.137 e. The summed E-state index contributed by atoms with van der Waals surface area (Å²) in [4.78, 5) is 4.95. The molecule has 0 bridgehead atoms. The van der Waals surface area contributed by atoms with E-state index in [2.05, 4.69) is 334 Å². The highest BCUT2D eigenvalue weighted by molar-refractivity contribution is 6.25. The first-order chi connectivity index (χ1) is 44.5. The maximum Gasteiger partial charge on any atom is 0.137 e. The minimum atomic E-state index is -0.0138. The van der Waals surface area contributed by atoms with Crippen molar-refractivity contribution in [2.45, 2.75) is 91.9 Å². The van der Waals surface area contributed by atoms with Gasteiger partial charge in [-0.1, -0.05) is 239 Å². The number of anilines is 6. The van der Waals surface area contributed by atoms with Crippen molar-refractivity contribution in [1.82, 2.24) is 0 Å². The number of hydrogen-bond acceptors (Lipinski definition) is 4. The van der Waals surface area contributed by atoms with Crippen LogP contribution in [0.15, 0.2) is 264 Å². The van der Waals surface area contributed by atoms with Crippen molar-refractivity contribution in [3.05, 3.63) is 277 Å². The molecular weight excluding hydrogens is 1120 g/mol. The molecule has 2 heterocycles. The summed E-state index contributed by atoms with van der Waals surface area (Å²) >= 11 is 0. The third-order valence-corrected chi connectivity index (χ3v) is 19.4. The van der Waals surface area contributed by atoms with Crippen molar-refractivity contribution >= 4 is 132 Å². The van der Waals surface area contributed by atoms with E-state index in [0.717, 1.165) is 88.8 Å². The van der Waals surface area contributed by atoms with Gasteiger partial charge in [0, 0.05) is 78.3 Å². The highest BCUT2D eigenvalue weighted by atomic mass is 16.3. The monoisotopic (exact) mass is 1190 g/mol. The van der Waals surface area contributed by atoms with E-state index in [-0.39, 0.29) is 10.8 Å². The molecule has 4 nitrogen and oxygen atoms in total. The number of rotatable bonds is 10. The normalized spacial score (nSPS) is 12.4. The lowest BCUT2D eigenvalue weighted by Gasteiger charge is -2.31. The molecule has 0 saturated heterocycles. The molecule has 0 spiro atoms. The van der Waals surface area contributed by atoms with Crippen molar-refractivity contribution in [2.75, 3.05) is 9.80 Å². The quantitative estimate of drug-likeness (QED) is 0.128. The van der Waals surface area contributed by atoms with Crippen LogP contribution in [0.4, 0.5) is 34.1 Å². The Morgan fingerprint density at radius 2 is 0.598 bits per heavy atom. The van der Waals surface area contributed by atoms with Crippen molar-refractivity contribution in [1.29, 1.82) is 0 Å². The average molecular weight is 1190 g/mol. The maximum absolute atomic E-state index is 7.10. The first-order valence-corrected chi connectivity index (χ1v) is 32.7. The summed E-state index contributed by atoms with van der Waals surface area (Å²) in [5, 5.41) is 16.1. The fourth-order valence-electron chi connectivity index (χ4n) is 14.5. The summed E-state index contributed by atoms with van der Waals surface area (Å²) in [5.74, 6) is 0.736. The molecule has 16 aromatic rings. The largest absolute Gasteiger partial charge is 0.456 e. The Labute approximate surface area is 538 Å². The van der Waals surface area contributed by atoms with Crippen LogP contribution in [0.5, 0.6) is 0 Å². The average Bonchev–Trinajstić information content (AvgIpc) is 1.76. The number of benzene rings is 14. The standard InChI is InChI=1S/C88H74N2O2/c1-53(2)55-21-19-23-57(45-55)83-73-29-15-11-25-67(73)69-27-13-17-31-75(69)85(83)89(63-37-33-61(34-38-63)87(5,6)7)65-41-43-71-77-47-59-50-80-78(48-60(59)49-79(77)91-81(71)51-65)72-44-42-66(52-82(72)92-80)90(64-39-35-62(36-40-64)88(8,9)10)86-76-32-18-14-28-70(76)68-26-12-16-30-74(68)84(86)58-24-20-22-56(46-58)54(3)4/h11-54H,1-10H3. The molecule has 4 heteroatoms. The van der Waals surface area contributed by atoms with Gasteiger partial charge in [-0.2, -0.15) is 0 Å². The molecule has 92 heavy (non-hydrogen) atoms. The summed E-state index contributed by atoms with van der Waals surface area (Å²) in [6, 6.07) is 95.0. The summed E-state index contributed by atoms with van der Waals surface area (Å²) < 4.78 is 14.2. The van der Waals surface area contributed by atoms with E-state index in [1.807, 2.05) is 0 Å². The molecule has 0 saturated carbocycles. The topological polar surface area (TPSA) is 32.8 Å². The van der Waals surface area contributed by atoms with Crippen molar-refractivity contribution < 1.29 is 8.83 Å². The Balaban J connectivity index is 0.860. The Morgan fingerprint density at radius 1 is 0.272 bits per heavy atom. The first kappa shape index (κ1) is 56.8. The van der Waals surface area contributed by atoms with Gasteiger partial charge in [-0.25, -0.2) is 0 Å². The van der Waals surface area contributed by atoms with Crippen LogP contribution in [-0.2, 0) is 10.8 Å². The maximum atomic E-state index is 7.10. The molecule has 0 radical (unpaired) electrons. The highest BCUT2D eigenvalue weighted by Crippen LogP contribution is 2.53. The predicted molar refractivity (Wildman–Crippen MR) is 394 cm³/mol. The second-order valence-corrected chi connectivity index (χ2v) is 28.1. The minimum Gasteiger partial charge on any atom is -0.456 e. The fourth-order valence-corrected chi connectivity index (χ4v) is 14.5. The van der Waals surface area contributed by atoms with E-state index in [0.29, 0.717) is 11.8 Å². The Bertz CT molecular complexity index is 5260. The molecule has 0 atom stereocenters. The van der Waals surface area contributed by atoms with Crippen molar-refractivity contribution in [2.24, 2.45) is 0 Å². The third kappa shape index (κ3) is 9.49. The van der Waals surface area contributed by atoms with E-state index in [9.17, 15) is 0 Å². The van der Waals surface area contributed by atoms with Crippen LogP contribution >= 0.6 is 0 Å². The minimum absolute atomic E-state index is 0.0138. The molecule has 0 aliphatic rings. The molecule has 0 unspecified atom stereocenters. The second kappa shape index (κ2) is 21.6. The fraction of sp³-hybridized carbons (Fsp3) is 0.159. The Hall–Kier alpha value is -10.4. The summed E-state index contributed by atoms with van der Waals surface area (Å²) in [6.45, 7) is 22.8. The van der Waals surface area contributed by atoms with Crippen LogP contribution in [-0.4, -0.2) is 0 Å². The number of nitrogens with zero attached hydrogens (tertiary/aromatic N) is 2. The molecule has 0 aliphatic carbocycles. The zero-order valence-corrected chi connectivity index (χ0v) is 54.1. The van der Waals surface area contributed by atoms with Crippen LogP contribution in [0.3, 0.4) is 0 Å². The molecule has 0 N–H and O–H groups in total. The van der Waals surface area contributed by atoms with Gasteiger partial charge in [0.15, 0.2) is 0 Å². The van der Waals surface area contributed by atoms with Gasteiger partial charge in [0.05, 0.1) is 11.4 Å². The van der Waals surface area contributed by atoms with Gasteiger partial charge >= 0.3 is 0 Å². The van der Waals surface area contributed by atoms with Gasteiger partial charge in [0.1, 0.15) is 22.3 Å². The highest BCUT2D eigenvalue weighted by Gasteiger charge is 2.29. The number of furan rings is 2. The van der Waals surface area contributed by atoms with Crippen LogP contribution in [0.1, 0.15) is 103 Å². The zero-order valence-electron chi connectivity index (χ0n) is 54.1. The Morgan fingerprint density at radius 3 is 0.957 bits per heavy atom. The summed E-state index contributed by atoms with van der Waals surface area (Å²) in [6.07, 6.45) is 0. The lowest BCUT2D eigenvalue weighted by atomic mass is 9.86. The molecule has 0 aliphatic heterocycles. The third-order valence-electron chi connectivity index (χ3n) is 19.4. The molecule has 16 rings (SSSR count). The van der Waals surface area contributed by atoms with E-state index < -0.39 is 0 Å². The summed E-state index contributed by atoms with van der Waals surface area (Å²) in [5.41, 5.74) is 19.7. The number of fused-ring (bicyclic) bond motifs is 13. The first-order valence-electron chi connectivity index (χ1n) is 32.7. The van der Waals surface area contributed by atoms with Crippen LogP contribution in [0, 0.1) is 0 Å². The molecule has 2 aromatic heterocycles. The number of hydrogen-bond donors (Lipinski definition) is 0. The molecular formula is C88H74N2O2. The van der Waals surface area contributed by atoms with Gasteiger partial charge in [-0.3, -0.25) is 0 Å². The van der Waals surface area contributed by atoms with Crippen LogP contribution in [0.25, 0.3) is 120 Å². The van der Waals surface area contributed by atoms with E-state index in [1.165, 1.54) is 87.6 Å². The van der Waals surface area contributed by atoms with E-state index in [4.69, 9.17) is 8.83 Å². The Kier molecular flexibility index (Phi) is 13.4. The molecule has 0 amide bonds. The van der Waals surface area contributed by atoms with Gasteiger partial charge < -0.3 is 18.6 Å². The predicted octanol–water partition coefficient (Wildman–Crippen LogP) is 26.4. The van der Waals surface area contributed by atoms with Gasteiger partial charge in [-0.05, 0) is 172 Å². The van der Waals surface area contributed by atoms with Crippen molar-refractivity contribution in [3.8, 4) is 22.3 Å². The summed E-state index contributed by atoms with van der Waals surface area (Å²) in [7, 11) is 0. The van der Waals surface area contributed by atoms with Gasteiger partial charge in [0.25, 0.3) is 0 Å². The van der Waals surface area contributed by atoms with Gasteiger partial charge in [0.2, 0.25) is 0 Å². The van der Waals surface area contributed by atoms with E-state index >= 15 is 0 Å².